The van der Waals surface area contributed by atoms with Crippen molar-refractivity contribution in [3.05, 3.63) is 66.0 Å². The molecule has 3 heterocycles. The van der Waals surface area contributed by atoms with Crippen LogP contribution in [0, 0.1) is 5.92 Å². The molecular weight excluding hydrogens is 338 g/mol. The number of aliphatic hydroxyl groups is 1. The fourth-order valence-corrected chi connectivity index (χ4v) is 3.88. The summed E-state index contributed by atoms with van der Waals surface area (Å²) in [5.41, 5.74) is 3.41. The second-order valence-electron chi connectivity index (χ2n) is 7.15. The van der Waals surface area contributed by atoms with Crippen molar-refractivity contribution in [3.63, 3.8) is 0 Å². The summed E-state index contributed by atoms with van der Waals surface area (Å²) in [5, 5.41) is 11.8. The van der Waals surface area contributed by atoms with Gasteiger partial charge in [0, 0.05) is 49.4 Å². The number of fused-ring (bicyclic) bond motifs is 1. The van der Waals surface area contributed by atoms with Crippen molar-refractivity contribution in [2.45, 2.75) is 26.0 Å². The van der Waals surface area contributed by atoms with Gasteiger partial charge in [-0.05, 0) is 36.6 Å². The Labute approximate surface area is 159 Å². The van der Waals surface area contributed by atoms with Crippen LogP contribution < -0.4 is 4.74 Å². The first-order valence-electron chi connectivity index (χ1n) is 9.53. The zero-order valence-electron chi connectivity index (χ0n) is 15.6. The molecule has 4 rings (SSSR count). The molecule has 0 amide bonds. The number of aliphatic hydroxyl groups excluding tert-OH is 1. The largest absolute Gasteiger partial charge is 0.478 e. The monoisotopic (exact) mass is 363 g/mol. The van der Waals surface area contributed by atoms with Gasteiger partial charge in [0.25, 0.3) is 0 Å². The van der Waals surface area contributed by atoms with Crippen molar-refractivity contribution < 1.29 is 9.84 Å². The Balaban J connectivity index is 1.42. The minimum atomic E-state index is -0.312. The Morgan fingerprint density at radius 1 is 1.11 bits per heavy atom. The van der Waals surface area contributed by atoms with Crippen molar-refractivity contribution in [3.8, 4) is 5.88 Å². The summed E-state index contributed by atoms with van der Waals surface area (Å²) >= 11 is 0. The van der Waals surface area contributed by atoms with Gasteiger partial charge in [0.05, 0.1) is 18.2 Å². The maximum absolute atomic E-state index is 10.6. The highest BCUT2D eigenvalue weighted by Crippen LogP contribution is 2.26. The molecule has 3 aromatic rings. The van der Waals surface area contributed by atoms with Crippen LogP contribution in [0.2, 0.25) is 0 Å². The highest BCUT2D eigenvalue weighted by molar-refractivity contribution is 5.81. The predicted octanol–water partition coefficient (Wildman–Crippen LogP) is 3.06. The summed E-state index contributed by atoms with van der Waals surface area (Å²) in [7, 11) is 0. The lowest BCUT2D eigenvalue weighted by Gasteiger charge is -2.16. The van der Waals surface area contributed by atoms with E-state index in [1.165, 1.54) is 10.9 Å². The minimum Gasteiger partial charge on any atom is -0.478 e. The van der Waals surface area contributed by atoms with E-state index >= 15 is 0 Å². The molecule has 1 aromatic carbocycles. The maximum Gasteiger partial charge on any atom is 0.213 e. The summed E-state index contributed by atoms with van der Waals surface area (Å²) in [5.74, 6) is 0.886. The van der Waals surface area contributed by atoms with Crippen LogP contribution in [-0.2, 0) is 13.0 Å². The van der Waals surface area contributed by atoms with E-state index in [2.05, 4.69) is 27.0 Å². The van der Waals surface area contributed by atoms with E-state index in [0.29, 0.717) is 19.0 Å². The third-order valence-corrected chi connectivity index (χ3v) is 5.20. The van der Waals surface area contributed by atoms with E-state index in [1.54, 1.807) is 0 Å². The van der Waals surface area contributed by atoms with Gasteiger partial charge < -0.3 is 9.84 Å². The van der Waals surface area contributed by atoms with Crippen LogP contribution in [0.4, 0.5) is 0 Å². The van der Waals surface area contributed by atoms with Gasteiger partial charge >= 0.3 is 0 Å². The average molecular weight is 363 g/mol. The molecule has 0 aliphatic carbocycles. The van der Waals surface area contributed by atoms with E-state index in [0.717, 1.165) is 30.6 Å². The summed E-state index contributed by atoms with van der Waals surface area (Å²) in [6.07, 6.45) is 4.28. The first kappa shape index (κ1) is 17.9. The Morgan fingerprint density at radius 2 is 2.00 bits per heavy atom. The molecule has 0 radical (unpaired) electrons. The number of para-hydroxylation sites is 1. The molecular formula is C22H25N3O2. The van der Waals surface area contributed by atoms with Gasteiger partial charge in [-0.25, -0.2) is 4.98 Å². The lowest BCUT2D eigenvalue weighted by atomic mass is 9.94. The van der Waals surface area contributed by atoms with Gasteiger partial charge in [-0.15, -0.1) is 0 Å². The number of nitrogens with zero attached hydrogens (tertiary/aromatic N) is 3. The normalized spacial score (nSPS) is 20.2. The highest BCUT2D eigenvalue weighted by Gasteiger charge is 2.31. The number of hydrogen-bond acceptors (Lipinski definition) is 5. The fourth-order valence-electron chi connectivity index (χ4n) is 3.88. The third-order valence-electron chi connectivity index (χ3n) is 5.20. The van der Waals surface area contributed by atoms with Crippen molar-refractivity contribution in [2.24, 2.45) is 5.92 Å². The number of β-amino-alcohol motifs (C(OH)–C–C–N with tert-alkyl or cyclic N) is 1. The van der Waals surface area contributed by atoms with Gasteiger partial charge in [-0.1, -0.05) is 24.3 Å². The average Bonchev–Trinajstić information content (AvgIpc) is 3.03. The molecule has 5 heteroatoms. The minimum absolute atomic E-state index is 0.228. The van der Waals surface area contributed by atoms with Gasteiger partial charge in [-0.3, -0.25) is 9.88 Å². The van der Waals surface area contributed by atoms with Crippen molar-refractivity contribution in [2.75, 3.05) is 19.7 Å². The first-order chi connectivity index (χ1) is 13.2. The second-order valence-corrected chi connectivity index (χ2v) is 7.15. The molecule has 1 N–H and O–H groups in total. The number of pyridine rings is 2. The summed E-state index contributed by atoms with van der Waals surface area (Å²) in [4.78, 5) is 11.1. The molecule has 0 unspecified atom stereocenters. The molecule has 1 aliphatic heterocycles. The number of hydrogen-bond donors (Lipinski definition) is 1. The van der Waals surface area contributed by atoms with Crippen LogP contribution in [0.5, 0.6) is 5.88 Å². The van der Waals surface area contributed by atoms with E-state index in [-0.39, 0.29) is 12.0 Å². The van der Waals surface area contributed by atoms with Gasteiger partial charge in [0.2, 0.25) is 5.88 Å². The van der Waals surface area contributed by atoms with Crippen LogP contribution in [0.1, 0.15) is 18.1 Å². The summed E-state index contributed by atoms with van der Waals surface area (Å²) in [6, 6.07) is 14.2. The molecule has 140 valence electrons. The summed E-state index contributed by atoms with van der Waals surface area (Å²) in [6.45, 7) is 4.94. The quantitative estimate of drug-likeness (QED) is 0.729. The lowest BCUT2D eigenvalue weighted by molar-refractivity contribution is 0.141. The van der Waals surface area contributed by atoms with Crippen molar-refractivity contribution >= 4 is 10.9 Å². The molecule has 1 fully saturated rings. The van der Waals surface area contributed by atoms with E-state index in [1.807, 2.05) is 49.6 Å². The molecule has 1 aliphatic rings. The van der Waals surface area contributed by atoms with Gasteiger partial charge in [0.1, 0.15) is 0 Å². The fraction of sp³-hybridized carbons (Fsp3) is 0.364. The zero-order valence-corrected chi connectivity index (χ0v) is 15.6. The van der Waals surface area contributed by atoms with Crippen LogP contribution >= 0.6 is 0 Å². The molecule has 0 saturated carbocycles. The van der Waals surface area contributed by atoms with Crippen molar-refractivity contribution in [1.29, 1.82) is 0 Å². The smallest absolute Gasteiger partial charge is 0.213 e. The molecule has 0 bridgehead atoms. The van der Waals surface area contributed by atoms with Gasteiger partial charge in [0.15, 0.2) is 0 Å². The number of likely N-dealkylation sites (tertiary alicyclic amines) is 1. The number of ether oxygens (including phenoxy) is 1. The molecule has 1 saturated heterocycles. The van der Waals surface area contributed by atoms with Gasteiger partial charge in [-0.2, -0.15) is 0 Å². The molecule has 27 heavy (non-hydrogen) atoms. The molecule has 2 atom stereocenters. The number of rotatable bonds is 6. The highest BCUT2D eigenvalue weighted by atomic mass is 16.5. The first-order valence-corrected chi connectivity index (χ1v) is 9.53. The molecule has 0 spiro atoms. The molecule has 5 nitrogen and oxygen atoms in total. The maximum atomic E-state index is 10.6. The third kappa shape index (κ3) is 4.10. The van der Waals surface area contributed by atoms with Crippen LogP contribution in [-0.4, -0.2) is 45.8 Å². The zero-order chi connectivity index (χ0) is 18.6. The Bertz CT molecular complexity index is 892. The van der Waals surface area contributed by atoms with Crippen LogP contribution in [0.15, 0.2) is 54.9 Å². The summed E-state index contributed by atoms with van der Waals surface area (Å²) < 4.78 is 5.40. The standard InChI is InChI=1S/C22H25N3O2/c1-2-27-22-8-7-16(12-24-22)13-25-14-18(21(26)15-25)11-17-9-10-23-20-6-4-3-5-19(17)20/h3-10,12,18,21,26H,2,11,13-15H2,1H3/t18-,21-/m1/s1. The van der Waals surface area contributed by atoms with Crippen molar-refractivity contribution in [1.82, 2.24) is 14.9 Å². The Hall–Kier alpha value is -2.50. The number of aromatic nitrogens is 2. The Kier molecular flexibility index (Phi) is 5.32. The topological polar surface area (TPSA) is 58.5 Å². The van der Waals surface area contributed by atoms with Crippen LogP contribution in [0.25, 0.3) is 10.9 Å². The predicted molar refractivity (Wildman–Crippen MR) is 106 cm³/mol. The van der Waals surface area contributed by atoms with E-state index in [9.17, 15) is 5.11 Å². The SMILES string of the molecule is CCOc1ccc(CN2C[C@@H](Cc3ccnc4ccccc34)[C@H](O)C2)cn1. The van der Waals surface area contributed by atoms with E-state index in [4.69, 9.17) is 4.74 Å². The molecule has 2 aromatic heterocycles. The Morgan fingerprint density at radius 3 is 2.81 bits per heavy atom. The number of benzene rings is 1. The lowest BCUT2D eigenvalue weighted by Crippen LogP contribution is -2.21. The van der Waals surface area contributed by atoms with Crippen LogP contribution in [0.3, 0.4) is 0 Å². The second kappa shape index (κ2) is 8.03. The van der Waals surface area contributed by atoms with E-state index < -0.39 is 0 Å².